The summed E-state index contributed by atoms with van der Waals surface area (Å²) in [6.07, 6.45) is 2.90. The van der Waals surface area contributed by atoms with Crippen LogP contribution in [0.3, 0.4) is 0 Å². The second-order valence-electron chi connectivity index (χ2n) is 3.04. The minimum absolute atomic E-state index is 0. The van der Waals surface area contributed by atoms with E-state index in [1.165, 1.54) is 24.5 Å². The van der Waals surface area contributed by atoms with Gasteiger partial charge in [0.15, 0.2) is 0 Å². The molecule has 0 spiro atoms. The zero-order valence-electron chi connectivity index (χ0n) is 9.54. The van der Waals surface area contributed by atoms with Crippen LogP contribution in [-0.2, 0) is 20.4 Å². The number of aromatic nitrogens is 2. The summed E-state index contributed by atoms with van der Waals surface area (Å²) in [4.78, 5) is 27.4. The summed E-state index contributed by atoms with van der Waals surface area (Å²) in [7, 11) is 0. The average Bonchev–Trinajstić information content (AvgIpc) is 2.41. The molecule has 19 heavy (non-hydrogen) atoms. The van der Waals surface area contributed by atoms with Gasteiger partial charge in [0, 0.05) is 32.8 Å². The Morgan fingerprint density at radius 1 is 0.789 bits per heavy atom. The standard InChI is InChI=1S/2C6H5NO2.Pd/c2*8-6(9)5-3-1-2-4-7-5;/h2*1-4H,(H,8,9);. The molecular formula is C12H10N2O4Pd. The third-order valence-corrected chi connectivity index (χ3v) is 1.77. The van der Waals surface area contributed by atoms with Crippen LogP contribution in [-0.4, -0.2) is 32.1 Å². The molecule has 0 bridgehead atoms. The van der Waals surface area contributed by atoms with Crippen molar-refractivity contribution in [2.45, 2.75) is 0 Å². The van der Waals surface area contributed by atoms with Crippen molar-refractivity contribution >= 4 is 11.9 Å². The predicted molar refractivity (Wildman–Crippen MR) is 62.4 cm³/mol. The molecule has 0 saturated heterocycles. The zero-order chi connectivity index (χ0) is 13.4. The molecule has 0 aliphatic heterocycles. The fourth-order valence-corrected chi connectivity index (χ4v) is 0.979. The fraction of sp³-hybridized carbons (Fsp3) is 0. The molecule has 0 aliphatic carbocycles. The maximum atomic E-state index is 10.1. The number of aromatic carboxylic acids is 2. The molecule has 2 N–H and O–H groups in total. The molecule has 102 valence electrons. The summed E-state index contributed by atoms with van der Waals surface area (Å²) in [5.74, 6) is -1.98. The van der Waals surface area contributed by atoms with Gasteiger partial charge in [-0.3, -0.25) is 0 Å². The number of nitrogens with zero attached hydrogens (tertiary/aromatic N) is 2. The number of pyridine rings is 2. The summed E-state index contributed by atoms with van der Waals surface area (Å²) < 4.78 is 0. The largest absolute Gasteiger partial charge is 0.477 e. The Balaban J connectivity index is 0.000000324. The first kappa shape index (κ1) is 16.9. The van der Waals surface area contributed by atoms with Crippen molar-refractivity contribution in [2.75, 3.05) is 0 Å². The molecule has 2 heterocycles. The van der Waals surface area contributed by atoms with Crippen LogP contribution in [0.2, 0.25) is 0 Å². The van der Waals surface area contributed by atoms with E-state index < -0.39 is 11.9 Å². The number of carboxylic acid groups (broad SMARTS) is 2. The van der Waals surface area contributed by atoms with E-state index in [0.717, 1.165) is 0 Å². The SMILES string of the molecule is O=C(O)c1ccccn1.O=C(O)c1ccccn1.[Pd]. The molecule has 6 nitrogen and oxygen atoms in total. The molecule has 2 aromatic rings. The summed E-state index contributed by atoms with van der Waals surface area (Å²) in [5.41, 5.74) is 0.162. The van der Waals surface area contributed by atoms with Gasteiger partial charge >= 0.3 is 11.9 Å². The molecule has 0 aromatic carbocycles. The van der Waals surface area contributed by atoms with Crippen LogP contribution in [0.15, 0.2) is 48.8 Å². The monoisotopic (exact) mass is 352 g/mol. The van der Waals surface area contributed by atoms with E-state index in [1.807, 2.05) is 0 Å². The van der Waals surface area contributed by atoms with E-state index in [2.05, 4.69) is 9.97 Å². The van der Waals surface area contributed by atoms with E-state index in [-0.39, 0.29) is 31.8 Å². The molecule has 2 rings (SSSR count). The molecule has 7 heteroatoms. The topological polar surface area (TPSA) is 100 Å². The summed E-state index contributed by atoms with van der Waals surface area (Å²) >= 11 is 0. The Hall–Kier alpha value is -2.10. The van der Waals surface area contributed by atoms with E-state index in [9.17, 15) is 9.59 Å². The fourth-order valence-electron chi connectivity index (χ4n) is 0.979. The van der Waals surface area contributed by atoms with Crippen molar-refractivity contribution in [3.05, 3.63) is 60.2 Å². The van der Waals surface area contributed by atoms with E-state index in [0.29, 0.717) is 0 Å². The van der Waals surface area contributed by atoms with Gasteiger partial charge in [-0.15, -0.1) is 0 Å². The van der Waals surface area contributed by atoms with E-state index >= 15 is 0 Å². The molecule has 0 atom stereocenters. The Bertz CT molecular complexity index is 470. The van der Waals surface area contributed by atoms with Crippen molar-refractivity contribution in [3.8, 4) is 0 Å². The number of rotatable bonds is 2. The smallest absolute Gasteiger partial charge is 0.354 e. The molecule has 2 aromatic heterocycles. The quantitative estimate of drug-likeness (QED) is 0.796. The van der Waals surface area contributed by atoms with Crippen molar-refractivity contribution in [1.82, 2.24) is 9.97 Å². The summed E-state index contributed by atoms with van der Waals surface area (Å²) in [5, 5.41) is 16.6. The van der Waals surface area contributed by atoms with Crippen LogP contribution in [0, 0.1) is 0 Å². The van der Waals surface area contributed by atoms with Crippen molar-refractivity contribution in [3.63, 3.8) is 0 Å². The van der Waals surface area contributed by atoms with Crippen LogP contribution in [0.1, 0.15) is 21.0 Å². The average molecular weight is 353 g/mol. The van der Waals surface area contributed by atoms with Crippen molar-refractivity contribution in [2.24, 2.45) is 0 Å². The Labute approximate surface area is 122 Å². The van der Waals surface area contributed by atoms with Gasteiger partial charge in [-0.05, 0) is 24.3 Å². The first-order valence-corrected chi connectivity index (χ1v) is 4.90. The van der Waals surface area contributed by atoms with Gasteiger partial charge in [0.1, 0.15) is 11.4 Å². The number of carboxylic acids is 2. The van der Waals surface area contributed by atoms with Crippen LogP contribution >= 0.6 is 0 Å². The minimum Gasteiger partial charge on any atom is -0.477 e. The van der Waals surface area contributed by atoms with Gasteiger partial charge in [0.2, 0.25) is 0 Å². The van der Waals surface area contributed by atoms with Gasteiger partial charge in [-0.1, -0.05) is 12.1 Å². The Morgan fingerprint density at radius 3 is 1.32 bits per heavy atom. The van der Waals surface area contributed by atoms with Crippen molar-refractivity contribution in [1.29, 1.82) is 0 Å². The normalized spacial score (nSPS) is 8.42. The maximum absolute atomic E-state index is 10.1. The summed E-state index contributed by atoms with van der Waals surface area (Å²) in [6, 6.07) is 9.51. The van der Waals surface area contributed by atoms with Gasteiger partial charge in [-0.2, -0.15) is 0 Å². The Morgan fingerprint density at radius 2 is 1.16 bits per heavy atom. The minimum atomic E-state index is -0.990. The number of hydrogen-bond donors (Lipinski definition) is 2. The summed E-state index contributed by atoms with van der Waals surface area (Å²) in [6.45, 7) is 0. The van der Waals surface area contributed by atoms with Crippen LogP contribution < -0.4 is 0 Å². The maximum Gasteiger partial charge on any atom is 0.354 e. The number of carbonyl (C=O) groups is 2. The molecule has 0 amide bonds. The third-order valence-electron chi connectivity index (χ3n) is 1.77. The van der Waals surface area contributed by atoms with Crippen molar-refractivity contribution < 1.29 is 40.2 Å². The molecule has 0 unspecified atom stereocenters. The first-order chi connectivity index (χ1) is 8.61. The van der Waals surface area contributed by atoms with Gasteiger partial charge < -0.3 is 10.2 Å². The molecular weight excluding hydrogens is 343 g/mol. The number of hydrogen-bond acceptors (Lipinski definition) is 4. The zero-order valence-corrected chi connectivity index (χ0v) is 11.1. The first-order valence-electron chi connectivity index (χ1n) is 4.90. The van der Waals surface area contributed by atoms with E-state index in [1.54, 1.807) is 24.3 Å². The van der Waals surface area contributed by atoms with Crippen LogP contribution in [0.4, 0.5) is 0 Å². The van der Waals surface area contributed by atoms with Gasteiger partial charge in [-0.25, -0.2) is 19.6 Å². The van der Waals surface area contributed by atoms with E-state index in [4.69, 9.17) is 10.2 Å². The second-order valence-corrected chi connectivity index (χ2v) is 3.04. The molecule has 0 aliphatic rings. The molecule has 0 saturated carbocycles. The third kappa shape index (κ3) is 6.41. The second kappa shape index (κ2) is 8.92. The van der Waals surface area contributed by atoms with Crippen LogP contribution in [0.25, 0.3) is 0 Å². The van der Waals surface area contributed by atoms with Gasteiger partial charge in [0.25, 0.3) is 0 Å². The molecule has 0 radical (unpaired) electrons. The van der Waals surface area contributed by atoms with Gasteiger partial charge in [0.05, 0.1) is 0 Å². The molecule has 0 fully saturated rings. The van der Waals surface area contributed by atoms with Crippen LogP contribution in [0.5, 0.6) is 0 Å². The predicted octanol–water partition coefficient (Wildman–Crippen LogP) is 1.56. The Kier molecular flexibility index (Phi) is 7.93.